The Kier molecular flexibility index (Phi) is 4.22. The second-order valence-electron chi connectivity index (χ2n) is 6.50. The van der Waals surface area contributed by atoms with Gasteiger partial charge in [-0.3, -0.25) is 0 Å². The molecule has 4 heteroatoms. The van der Waals surface area contributed by atoms with Gasteiger partial charge < -0.3 is 5.11 Å². The Morgan fingerprint density at radius 3 is 2.45 bits per heavy atom. The molecule has 0 radical (unpaired) electrons. The van der Waals surface area contributed by atoms with E-state index in [9.17, 15) is 14.8 Å². The first-order chi connectivity index (χ1) is 9.30. The fourth-order valence-corrected chi connectivity index (χ4v) is 3.30. The van der Waals surface area contributed by atoms with E-state index >= 15 is 0 Å². The normalized spacial score (nSPS) is 22.0. The molecule has 0 saturated heterocycles. The Labute approximate surface area is 127 Å². The van der Waals surface area contributed by atoms with Crippen LogP contribution in [0.25, 0.3) is 0 Å². The van der Waals surface area contributed by atoms with Crippen molar-refractivity contribution in [2.24, 2.45) is 10.8 Å². The highest BCUT2D eigenvalue weighted by molar-refractivity contribution is 9.10. The lowest BCUT2D eigenvalue weighted by molar-refractivity contribution is 0.00897. The van der Waals surface area contributed by atoms with Crippen LogP contribution in [0.4, 0.5) is 4.39 Å². The van der Waals surface area contributed by atoms with Crippen LogP contribution in [-0.4, -0.2) is 5.11 Å². The van der Waals surface area contributed by atoms with Crippen molar-refractivity contribution in [1.82, 2.24) is 0 Å². The molecule has 2 nitrogen and oxygen atoms in total. The summed E-state index contributed by atoms with van der Waals surface area (Å²) in [4.78, 5) is 0. The zero-order valence-corrected chi connectivity index (χ0v) is 13.4. The zero-order chi connectivity index (χ0) is 15.0. The van der Waals surface area contributed by atoms with Gasteiger partial charge in [0.2, 0.25) is 0 Å². The molecule has 1 aromatic carbocycles. The number of aliphatic hydroxyl groups excluding tert-OH is 1. The number of nitrogens with zero attached hydrogens (tertiary/aromatic N) is 1. The molecule has 0 heterocycles. The Morgan fingerprint density at radius 2 is 1.90 bits per heavy atom. The smallest absolute Gasteiger partial charge is 0.123 e. The molecule has 1 unspecified atom stereocenters. The van der Waals surface area contributed by atoms with Crippen LogP contribution in [0.2, 0.25) is 0 Å². The van der Waals surface area contributed by atoms with Gasteiger partial charge in [0.1, 0.15) is 5.82 Å². The van der Waals surface area contributed by atoms with Gasteiger partial charge >= 0.3 is 0 Å². The Morgan fingerprint density at radius 1 is 1.30 bits per heavy atom. The van der Waals surface area contributed by atoms with Crippen molar-refractivity contribution in [3.8, 4) is 6.07 Å². The highest BCUT2D eigenvalue weighted by atomic mass is 79.9. The number of nitriles is 1. The van der Waals surface area contributed by atoms with Gasteiger partial charge in [-0.15, -0.1) is 0 Å². The minimum absolute atomic E-state index is 0.208. The van der Waals surface area contributed by atoms with Crippen molar-refractivity contribution in [2.75, 3.05) is 0 Å². The van der Waals surface area contributed by atoms with E-state index in [2.05, 4.69) is 35.8 Å². The van der Waals surface area contributed by atoms with Crippen molar-refractivity contribution in [2.45, 2.75) is 45.6 Å². The number of rotatable bonds is 2. The summed E-state index contributed by atoms with van der Waals surface area (Å²) in [6, 6.07) is 6.53. The summed E-state index contributed by atoms with van der Waals surface area (Å²) >= 11 is 3.34. The summed E-state index contributed by atoms with van der Waals surface area (Å²) in [7, 11) is 0. The number of aliphatic hydroxyl groups is 1. The topological polar surface area (TPSA) is 44.0 Å². The number of benzene rings is 1. The van der Waals surface area contributed by atoms with E-state index < -0.39 is 17.3 Å². The van der Waals surface area contributed by atoms with E-state index in [1.807, 2.05) is 0 Å². The monoisotopic (exact) mass is 339 g/mol. The second-order valence-corrected chi connectivity index (χ2v) is 7.35. The summed E-state index contributed by atoms with van der Waals surface area (Å²) in [5, 5.41) is 20.2. The third-order valence-corrected chi connectivity index (χ3v) is 5.22. The molecule has 0 aromatic heterocycles. The fourth-order valence-electron chi connectivity index (χ4n) is 2.84. The van der Waals surface area contributed by atoms with Gasteiger partial charge in [0.05, 0.1) is 17.6 Å². The van der Waals surface area contributed by atoms with Crippen LogP contribution in [0.5, 0.6) is 0 Å². The standard InChI is InChI=1S/C16H19BrFNO/c1-15(2)5-7-16(10-19,8-6-15)14(20)12-9-11(18)3-4-13(12)17/h3-4,9,14,20H,5-8H2,1-2H3. The zero-order valence-electron chi connectivity index (χ0n) is 11.8. The highest BCUT2D eigenvalue weighted by Gasteiger charge is 2.45. The van der Waals surface area contributed by atoms with Gasteiger partial charge in [0.15, 0.2) is 0 Å². The van der Waals surface area contributed by atoms with E-state index in [4.69, 9.17) is 0 Å². The molecular weight excluding hydrogens is 321 g/mol. The average Bonchev–Trinajstić information content (AvgIpc) is 2.41. The SMILES string of the molecule is CC1(C)CCC(C#N)(C(O)c2cc(F)ccc2Br)CC1. The molecule has 20 heavy (non-hydrogen) atoms. The van der Waals surface area contributed by atoms with Crippen LogP contribution in [0.3, 0.4) is 0 Å². The van der Waals surface area contributed by atoms with Gasteiger partial charge in [-0.05, 0) is 54.9 Å². The quantitative estimate of drug-likeness (QED) is 0.846. The minimum Gasteiger partial charge on any atom is -0.387 e. The molecule has 2 rings (SSSR count). The van der Waals surface area contributed by atoms with Crippen LogP contribution >= 0.6 is 15.9 Å². The molecule has 0 amide bonds. The Bertz CT molecular complexity index is 540. The van der Waals surface area contributed by atoms with Gasteiger partial charge in [0.25, 0.3) is 0 Å². The lowest BCUT2D eigenvalue weighted by Crippen LogP contribution is -2.35. The Balaban J connectivity index is 2.33. The summed E-state index contributed by atoms with van der Waals surface area (Å²) in [5.74, 6) is -0.397. The van der Waals surface area contributed by atoms with Crippen LogP contribution in [0, 0.1) is 28.0 Å². The van der Waals surface area contributed by atoms with Gasteiger partial charge in [0, 0.05) is 4.47 Å². The van der Waals surface area contributed by atoms with E-state index in [-0.39, 0.29) is 5.41 Å². The summed E-state index contributed by atoms with van der Waals surface area (Å²) in [5.41, 5.74) is -0.142. The van der Waals surface area contributed by atoms with Crippen LogP contribution in [0.1, 0.15) is 51.2 Å². The molecule has 1 fully saturated rings. The van der Waals surface area contributed by atoms with Crippen molar-refractivity contribution < 1.29 is 9.50 Å². The maximum absolute atomic E-state index is 13.4. The first-order valence-corrected chi connectivity index (χ1v) is 7.63. The fraction of sp³-hybridized carbons (Fsp3) is 0.562. The third kappa shape index (κ3) is 2.89. The van der Waals surface area contributed by atoms with Crippen molar-refractivity contribution in [3.05, 3.63) is 34.1 Å². The maximum Gasteiger partial charge on any atom is 0.123 e. The van der Waals surface area contributed by atoms with Crippen LogP contribution in [0.15, 0.2) is 22.7 Å². The number of halogens is 2. The minimum atomic E-state index is -0.964. The maximum atomic E-state index is 13.4. The molecule has 0 spiro atoms. The largest absolute Gasteiger partial charge is 0.387 e. The summed E-state index contributed by atoms with van der Waals surface area (Å²) in [6.45, 7) is 4.36. The molecule has 1 aliphatic carbocycles. The van der Waals surface area contributed by atoms with Gasteiger partial charge in [-0.25, -0.2) is 4.39 Å². The van der Waals surface area contributed by atoms with Crippen LogP contribution in [-0.2, 0) is 0 Å². The first kappa shape index (κ1) is 15.5. The summed E-state index contributed by atoms with van der Waals surface area (Å²) < 4.78 is 14.1. The van der Waals surface area contributed by atoms with E-state index in [0.29, 0.717) is 22.9 Å². The van der Waals surface area contributed by atoms with E-state index in [1.54, 1.807) is 6.07 Å². The number of hydrogen-bond donors (Lipinski definition) is 1. The van der Waals surface area contributed by atoms with Gasteiger partial charge in [-0.1, -0.05) is 29.8 Å². The molecule has 0 bridgehead atoms. The molecule has 1 atom stereocenters. The summed E-state index contributed by atoms with van der Waals surface area (Å²) in [6.07, 6.45) is 2.10. The molecule has 1 saturated carbocycles. The first-order valence-electron chi connectivity index (χ1n) is 6.84. The van der Waals surface area contributed by atoms with Crippen molar-refractivity contribution >= 4 is 15.9 Å². The molecular formula is C16H19BrFNO. The van der Waals surface area contributed by atoms with Crippen molar-refractivity contribution in [3.63, 3.8) is 0 Å². The van der Waals surface area contributed by atoms with Crippen molar-refractivity contribution in [1.29, 1.82) is 5.26 Å². The van der Waals surface area contributed by atoms with E-state index in [1.165, 1.54) is 12.1 Å². The second kappa shape index (κ2) is 5.46. The molecule has 1 aromatic rings. The number of hydrogen-bond acceptors (Lipinski definition) is 2. The van der Waals surface area contributed by atoms with Crippen LogP contribution < -0.4 is 0 Å². The lowest BCUT2D eigenvalue weighted by Gasteiger charge is -2.42. The molecule has 1 N–H and O–H groups in total. The third-order valence-electron chi connectivity index (χ3n) is 4.49. The predicted octanol–water partition coefficient (Wildman–Crippen LogP) is 4.73. The highest BCUT2D eigenvalue weighted by Crippen LogP contribution is 2.51. The predicted molar refractivity (Wildman–Crippen MR) is 79.4 cm³/mol. The molecule has 0 aliphatic heterocycles. The molecule has 1 aliphatic rings. The average molecular weight is 340 g/mol. The van der Waals surface area contributed by atoms with Gasteiger partial charge in [-0.2, -0.15) is 5.26 Å². The van der Waals surface area contributed by atoms with E-state index in [0.717, 1.165) is 12.8 Å². The molecule has 108 valence electrons. The lowest BCUT2D eigenvalue weighted by atomic mass is 9.62. The Hall–Kier alpha value is -0.920.